The molecule has 0 aliphatic carbocycles. The summed E-state index contributed by atoms with van der Waals surface area (Å²) < 4.78 is 5.53. The lowest BCUT2D eigenvalue weighted by Gasteiger charge is -2.40. The summed E-state index contributed by atoms with van der Waals surface area (Å²) in [7, 11) is 1.68. The Morgan fingerprint density at radius 3 is 2.32 bits per heavy atom. The average Bonchev–Trinajstić information content (AvgIpc) is 2.55. The summed E-state index contributed by atoms with van der Waals surface area (Å²) in [5.41, 5.74) is 1.96. The van der Waals surface area contributed by atoms with Crippen molar-refractivity contribution >= 4 is 11.8 Å². The summed E-state index contributed by atoms with van der Waals surface area (Å²) in [4.78, 5) is 2.26. The van der Waals surface area contributed by atoms with Crippen molar-refractivity contribution in [1.82, 2.24) is 0 Å². The summed E-state index contributed by atoms with van der Waals surface area (Å²) in [5, 5.41) is 19.3. The zero-order valence-electron chi connectivity index (χ0n) is 12.6. The Hall–Kier alpha value is -1.49. The Bertz CT molecular complexity index is 663. The van der Waals surface area contributed by atoms with E-state index in [0.29, 0.717) is 12.8 Å². The smallest absolute Gasteiger partial charge is 0.133 e. The molecular weight excluding hydrogens is 296 g/mol. The maximum Gasteiger partial charge on any atom is 0.133 e. The van der Waals surface area contributed by atoms with Gasteiger partial charge in [-0.25, -0.2) is 0 Å². The van der Waals surface area contributed by atoms with E-state index in [1.54, 1.807) is 18.9 Å². The third-order valence-electron chi connectivity index (χ3n) is 4.41. The maximum atomic E-state index is 9.67. The van der Waals surface area contributed by atoms with Crippen LogP contribution in [0.3, 0.4) is 0 Å². The maximum absolute atomic E-state index is 9.67. The molecule has 2 N–H and O–H groups in total. The number of rotatable bonds is 5. The minimum atomic E-state index is -0.366. The van der Waals surface area contributed by atoms with Crippen molar-refractivity contribution in [1.29, 1.82) is 0 Å². The number of fused-ring (bicyclic) bond motifs is 2. The molecule has 116 valence electrons. The molecule has 3 rings (SSSR count). The van der Waals surface area contributed by atoms with E-state index in [-0.39, 0.29) is 18.6 Å². The van der Waals surface area contributed by atoms with Crippen LogP contribution in [-0.4, -0.2) is 30.5 Å². The topological polar surface area (TPSA) is 49.7 Å². The third kappa shape index (κ3) is 2.32. The lowest BCUT2D eigenvalue weighted by molar-refractivity contribution is 0.206. The molecule has 1 aliphatic heterocycles. The first-order chi connectivity index (χ1) is 10.8. The van der Waals surface area contributed by atoms with Gasteiger partial charge in [-0.1, -0.05) is 42.1 Å². The molecule has 0 unspecified atom stereocenters. The zero-order chi connectivity index (χ0) is 15.6. The van der Waals surface area contributed by atoms with Crippen LogP contribution in [0.5, 0.6) is 5.75 Å². The Labute approximate surface area is 134 Å². The second-order valence-electron chi connectivity index (χ2n) is 5.46. The molecule has 0 fully saturated rings. The minimum Gasteiger partial charge on any atom is -0.496 e. The van der Waals surface area contributed by atoms with Crippen LogP contribution in [0.15, 0.2) is 52.3 Å². The molecule has 0 radical (unpaired) electrons. The molecule has 1 aliphatic rings. The zero-order valence-corrected chi connectivity index (χ0v) is 13.4. The molecule has 0 amide bonds. The SMILES string of the molecule is COc1cccc2c1Sc1ccccc1C2(CCO)CCO. The highest BCUT2D eigenvalue weighted by Gasteiger charge is 2.41. The third-order valence-corrected chi connectivity index (χ3v) is 5.61. The molecule has 0 saturated carbocycles. The lowest BCUT2D eigenvalue weighted by Crippen LogP contribution is -2.33. The molecule has 0 bridgehead atoms. The van der Waals surface area contributed by atoms with E-state index >= 15 is 0 Å². The van der Waals surface area contributed by atoms with E-state index in [2.05, 4.69) is 18.2 Å². The van der Waals surface area contributed by atoms with E-state index in [1.165, 1.54) is 10.5 Å². The van der Waals surface area contributed by atoms with Crippen LogP contribution in [-0.2, 0) is 5.41 Å². The summed E-state index contributed by atoms with van der Waals surface area (Å²) in [6.07, 6.45) is 1.18. The van der Waals surface area contributed by atoms with Crippen LogP contribution in [0, 0.1) is 0 Å². The average molecular weight is 316 g/mol. The van der Waals surface area contributed by atoms with Gasteiger partial charge in [0.05, 0.1) is 12.0 Å². The molecule has 2 aromatic carbocycles. The van der Waals surface area contributed by atoms with E-state index < -0.39 is 0 Å². The Balaban J connectivity index is 2.28. The van der Waals surface area contributed by atoms with Gasteiger partial charge < -0.3 is 14.9 Å². The molecule has 0 spiro atoms. The second-order valence-corrected chi connectivity index (χ2v) is 6.52. The molecule has 22 heavy (non-hydrogen) atoms. The normalized spacial score (nSPS) is 15.0. The molecular formula is C18H20O3S. The van der Waals surface area contributed by atoms with Crippen LogP contribution >= 0.6 is 11.8 Å². The number of aliphatic hydroxyl groups is 2. The highest BCUT2D eigenvalue weighted by atomic mass is 32.2. The fraction of sp³-hybridized carbons (Fsp3) is 0.333. The minimum absolute atomic E-state index is 0.0790. The van der Waals surface area contributed by atoms with Gasteiger partial charge in [0.15, 0.2) is 0 Å². The molecule has 0 aromatic heterocycles. The first-order valence-electron chi connectivity index (χ1n) is 7.43. The first kappa shape index (κ1) is 15.4. The van der Waals surface area contributed by atoms with Gasteiger partial charge >= 0.3 is 0 Å². The van der Waals surface area contributed by atoms with Crippen molar-refractivity contribution in [3.63, 3.8) is 0 Å². The predicted molar refractivity (Wildman–Crippen MR) is 87.7 cm³/mol. The van der Waals surface area contributed by atoms with Crippen molar-refractivity contribution in [3.8, 4) is 5.75 Å². The number of aliphatic hydroxyl groups excluding tert-OH is 2. The van der Waals surface area contributed by atoms with E-state index in [9.17, 15) is 10.2 Å². The number of ether oxygens (including phenoxy) is 1. The largest absolute Gasteiger partial charge is 0.496 e. The van der Waals surface area contributed by atoms with Gasteiger partial charge in [-0.05, 0) is 36.1 Å². The van der Waals surface area contributed by atoms with Crippen LogP contribution in [0.4, 0.5) is 0 Å². The van der Waals surface area contributed by atoms with Gasteiger partial charge in [0.25, 0.3) is 0 Å². The van der Waals surface area contributed by atoms with Crippen molar-refractivity contribution in [3.05, 3.63) is 53.6 Å². The Morgan fingerprint density at radius 2 is 1.64 bits per heavy atom. The molecule has 1 heterocycles. The van der Waals surface area contributed by atoms with Gasteiger partial charge in [0, 0.05) is 23.5 Å². The van der Waals surface area contributed by atoms with Crippen LogP contribution in [0.2, 0.25) is 0 Å². The summed E-state index contributed by atoms with van der Waals surface area (Å²) >= 11 is 1.70. The standard InChI is InChI=1S/C18H20O3S/c1-21-15-7-4-6-14-17(15)22-16-8-3-2-5-13(16)18(14,9-11-19)10-12-20/h2-8,19-20H,9-12H2,1H3. The van der Waals surface area contributed by atoms with Crippen molar-refractivity contribution in [2.75, 3.05) is 20.3 Å². The molecule has 3 nitrogen and oxygen atoms in total. The summed E-state index contributed by atoms with van der Waals surface area (Å²) in [6, 6.07) is 14.3. The van der Waals surface area contributed by atoms with Crippen LogP contribution in [0.25, 0.3) is 0 Å². The van der Waals surface area contributed by atoms with Gasteiger partial charge in [-0.15, -0.1) is 0 Å². The van der Waals surface area contributed by atoms with E-state index in [1.807, 2.05) is 24.3 Å². The first-order valence-corrected chi connectivity index (χ1v) is 8.25. The number of hydrogen-bond donors (Lipinski definition) is 2. The molecule has 0 saturated heterocycles. The van der Waals surface area contributed by atoms with Crippen LogP contribution in [0.1, 0.15) is 24.0 Å². The molecule has 0 atom stereocenters. The monoisotopic (exact) mass is 316 g/mol. The number of hydrogen-bond acceptors (Lipinski definition) is 4. The van der Waals surface area contributed by atoms with Crippen molar-refractivity contribution in [2.45, 2.75) is 28.0 Å². The van der Waals surface area contributed by atoms with Crippen molar-refractivity contribution < 1.29 is 14.9 Å². The van der Waals surface area contributed by atoms with E-state index in [0.717, 1.165) is 16.2 Å². The number of benzene rings is 2. The van der Waals surface area contributed by atoms with Gasteiger partial charge in [-0.3, -0.25) is 0 Å². The quantitative estimate of drug-likeness (QED) is 0.889. The molecule has 2 aromatic rings. The summed E-state index contributed by atoms with van der Waals surface area (Å²) in [5.74, 6) is 0.845. The van der Waals surface area contributed by atoms with Gasteiger partial charge in [-0.2, -0.15) is 0 Å². The van der Waals surface area contributed by atoms with Gasteiger partial charge in [0.2, 0.25) is 0 Å². The van der Waals surface area contributed by atoms with Crippen LogP contribution < -0.4 is 4.74 Å². The predicted octanol–water partition coefficient (Wildman–Crippen LogP) is 3.21. The Morgan fingerprint density at radius 1 is 0.955 bits per heavy atom. The van der Waals surface area contributed by atoms with Crippen molar-refractivity contribution in [2.24, 2.45) is 0 Å². The highest BCUT2D eigenvalue weighted by Crippen LogP contribution is 2.54. The van der Waals surface area contributed by atoms with E-state index in [4.69, 9.17) is 4.74 Å². The Kier molecular flexibility index (Phi) is 4.43. The van der Waals surface area contributed by atoms with Gasteiger partial charge in [0.1, 0.15) is 5.75 Å². The fourth-order valence-corrected chi connectivity index (χ4v) is 4.78. The number of methoxy groups -OCH3 is 1. The highest BCUT2D eigenvalue weighted by molar-refractivity contribution is 7.99. The second kappa shape index (κ2) is 6.32. The lowest BCUT2D eigenvalue weighted by atomic mass is 9.69. The summed E-state index contributed by atoms with van der Waals surface area (Å²) in [6.45, 7) is 0.158. The molecule has 4 heteroatoms. The fourth-order valence-electron chi connectivity index (χ4n) is 3.41.